The predicted octanol–water partition coefficient (Wildman–Crippen LogP) is 1.77. The summed E-state index contributed by atoms with van der Waals surface area (Å²) in [7, 11) is 0. The molecule has 0 radical (unpaired) electrons. The van der Waals surface area contributed by atoms with Gasteiger partial charge in [-0.2, -0.15) is 0 Å². The number of rotatable bonds is 4. The predicted molar refractivity (Wildman–Crippen MR) is 77.0 cm³/mol. The Hall–Kier alpha value is -2.41. The number of amides is 1. The monoisotopic (exact) mass is 291 g/mol. The number of carboxylic acid groups (broad SMARTS) is 1. The van der Waals surface area contributed by atoms with Crippen molar-refractivity contribution in [1.82, 2.24) is 4.98 Å². The number of anilines is 2. The number of carboxylic acids is 1. The summed E-state index contributed by atoms with van der Waals surface area (Å²) in [5.41, 5.74) is 6.60. The lowest BCUT2D eigenvalue weighted by atomic mass is 10.2. The lowest BCUT2D eigenvalue weighted by Gasteiger charge is -2.20. The number of carbonyl (C=O) groups is 2. The number of para-hydroxylation sites is 1. The topological polar surface area (TPSA) is 96.5 Å². The average molecular weight is 291 g/mol. The maximum absolute atomic E-state index is 12.5. The second-order valence-corrected chi connectivity index (χ2v) is 5.12. The van der Waals surface area contributed by atoms with E-state index in [9.17, 15) is 9.59 Å². The molecule has 0 aliphatic rings. The molecule has 1 amide bonds. The summed E-state index contributed by atoms with van der Waals surface area (Å²) in [5, 5.41) is 9.27. The number of aromatic nitrogens is 1. The molecule has 2 aromatic rings. The van der Waals surface area contributed by atoms with Crippen LogP contribution in [0, 0.1) is 6.92 Å². The zero-order chi connectivity index (χ0) is 14.7. The number of nitrogen functional groups attached to an aromatic ring is 1. The van der Waals surface area contributed by atoms with E-state index in [4.69, 9.17) is 10.8 Å². The number of hydrogen-bond acceptors (Lipinski definition) is 5. The lowest BCUT2D eigenvalue weighted by Crippen LogP contribution is -2.35. The number of nitrogens with two attached hydrogens (primary N) is 1. The molecule has 0 saturated heterocycles. The van der Waals surface area contributed by atoms with Gasteiger partial charge in [0.25, 0.3) is 5.91 Å². The van der Waals surface area contributed by atoms with Crippen molar-refractivity contribution in [3.63, 3.8) is 0 Å². The number of aliphatic carboxylic acids is 1. The van der Waals surface area contributed by atoms with Crippen molar-refractivity contribution in [1.29, 1.82) is 0 Å². The maximum Gasteiger partial charge on any atom is 0.323 e. The zero-order valence-corrected chi connectivity index (χ0v) is 11.6. The Morgan fingerprint density at radius 3 is 2.50 bits per heavy atom. The van der Waals surface area contributed by atoms with Crippen molar-refractivity contribution in [2.24, 2.45) is 0 Å². The highest BCUT2D eigenvalue weighted by Crippen LogP contribution is 2.24. The number of aryl methyl sites for hydroxylation is 1. The van der Waals surface area contributed by atoms with Crippen LogP contribution in [-0.2, 0) is 4.79 Å². The van der Waals surface area contributed by atoms with E-state index in [-0.39, 0.29) is 5.13 Å². The molecule has 1 aromatic heterocycles. The standard InChI is InChI=1S/C13H13N3O3S/c1-8-11(20-13(14)15-8)12(19)16(7-10(17)18)9-5-3-2-4-6-9/h2-6H,7H2,1H3,(H2,14,15)(H,17,18). The van der Waals surface area contributed by atoms with Crippen LogP contribution < -0.4 is 10.6 Å². The molecule has 0 aliphatic carbocycles. The van der Waals surface area contributed by atoms with Crippen molar-refractivity contribution in [2.75, 3.05) is 17.2 Å². The van der Waals surface area contributed by atoms with Crippen LogP contribution in [0.3, 0.4) is 0 Å². The van der Waals surface area contributed by atoms with Crippen LogP contribution >= 0.6 is 11.3 Å². The van der Waals surface area contributed by atoms with Gasteiger partial charge in [0.1, 0.15) is 11.4 Å². The van der Waals surface area contributed by atoms with Crippen LogP contribution in [-0.4, -0.2) is 28.5 Å². The first kappa shape index (κ1) is 14.0. The number of carbonyl (C=O) groups excluding carboxylic acids is 1. The van der Waals surface area contributed by atoms with Crippen molar-refractivity contribution < 1.29 is 14.7 Å². The summed E-state index contributed by atoms with van der Waals surface area (Å²) >= 11 is 1.06. The van der Waals surface area contributed by atoms with Gasteiger partial charge < -0.3 is 10.8 Å². The molecule has 0 aliphatic heterocycles. The minimum absolute atomic E-state index is 0.286. The van der Waals surface area contributed by atoms with Gasteiger partial charge in [-0.3, -0.25) is 14.5 Å². The van der Waals surface area contributed by atoms with E-state index in [1.165, 1.54) is 4.90 Å². The van der Waals surface area contributed by atoms with Crippen LogP contribution in [0.5, 0.6) is 0 Å². The Kier molecular flexibility index (Phi) is 3.99. The van der Waals surface area contributed by atoms with Crippen LogP contribution in [0.15, 0.2) is 30.3 Å². The lowest BCUT2D eigenvalue weighted by molar-refractivity contribution is -0.135. The van der Waals surface area contributed by atoms with Gasteiger partial charge in [0.15, 0.2) is 5.13 Å². The van der Waals surface area contributed by atoms with Crippen molar-refractivity contribution >= 4 is 34.0 Å². The Bertz CT molecular complexity index is 640. The maximum atomic E-state index is 12.5. The smallest absolute Gasteiger partial charge is 0.323 e. The third-order valence-corrected chi connectivity index (χ3v) is 3.59. The molecule has 1 heterocycles. The molecular weight excluding hydrogens is 278 g/mol. The Morgan fingerprint density at radius 2 is 2.00 bits per heavy atom. The highest BCUT2D eigenvalue weighted by atomic mass is 32.1. The van der Waals surface area contributed by atoms with Gasteiger partial charge in [0, 0.05) is 5.69 Å². The van der Waals surface area contributed by atoms with Gasteiger partial charge in [-0.25, -0.2) is 4.98 Å². The molecule has 2 rings (SSSR count). The molecule has 7 heteroatoms. The third kappa shape index (κ3) is 2.94. The molecular formula is C13H13N3O3S. The van der Waals surface area contributed by atoms with Gasteiger partial charge >= 0.3 is 5.97 Å². The highest BCUT2D eigenvalue weighted by Gasteiger charge is 2.24. The fourth-order valence-electron chi connectivity index (χ4n) is 1.76. The SMILES string of the molecule is Cc1nc(N)sc1C(=O)N(CC(=O)O)c1ccccc1. The van der Waals surface area contributed by atoms with Crippen molar-refractivity contribution in [3.8, 4) is 0 Å². The Morgan fingerprint density at radius 1 is 1.35 bits per heavy atom. The van der Waals surface area contributed by atoms with Gasteiger partial charge in [0.2, 0.25) is 0 Å². The normalized spacial score (nSPS) is 10.2. The zero-order valence-electron chi connectivity index (χ0n) is 10.7. The van der Waals surface area contributed by atoms with Gasteiger partial charge in [-0.05, 0) is 19.1 Å². The summed E-state index contributed by atoms with van der Waals surface area (Å²) in [6.07, 6.45) is 0. The minimum atomic E-state index is -1.09. The van der Waals surface area contributed by atoms with Gasteiger partial charge in [0.05, 0.1) is 5.69 Å². The second kappa shape index (κ2) is 5.70. The van der Waals surface area contributed by atoms with Gasteiger partial charge in [-0.1, -0.05) is 29.5 Å². The summed E-state index contributed by atoms with van der Waals surface area (Å²) in [6.45, 7) is 1.25. The van der Waals surface area contributed by atoms with E-state index in [1.54, 1.807) is 37.3 Å². The average Bonchev–Trinajstić information content (AvgIpc) is 2.75. The molecule has 104 valence electrons. The molecule has 1 aromatic carbocycles. The van der Waals surface area contributed by atoms with E-state index < -0.39 is 18.4 Å². The first-order valence-electron chi connectivity index (χ1n) is 5.80. The summed E-state index contributed by atoms with van der Waals surface area (Å²) in [5.74, 6) is -1.50. The summed E-state index contributed by atoms with van der Waals surface area (Å²) < 4.78 is 0. The molecule has 0 fully saturated rings. The molecule has 6 nitrogen and oxygen atoms in total. The van der Waals surface area contributed by atoms with E-state index in [2.05, 4.69) is 4.98 Å². The molecule has 0 saturated carbocycles. The van der Waals surface area contributed by atoms with E-state index in [0.717, 1.165) is 11.3 Å². The molecule has 0 atom stereocenters. The van der Waals surface area contributed by atoms with E-state index in [0.29, 0.717) is 16.3 Å². The van der Waals surface area contributed by atoms with E-state index >= 15 is 0 Å². The Balaban J connectivity index is 2.39. The fraction of sp³-hybridized carbons (Fsp3) is 0.154. The van der Waals surface area contributed by atoms with Crippen molar-refractivity contribution in [3.05, 3.63) is 40.9 Å². The summed E-state index contributed by atoms with van der Waals surface area (Å²) in [4.78, 5) is 29.0. The molecule has 3 N–H and O–H groups in total. The first-order chi connectivity index (χ1) is 9.49. The highest BCUT2D eigenvalue weighted by molar-refractivity contribution is 7.17. The van der Waals surface area contributed by atoms with Gasteiger partial charge in [-0.15, -0.1) is 0 Å². The molecule has 20 heavy (non-hydrogen) atoms. The second-order valence-electron chi connectivity index (χ2n) is 4.09. The number of nitrogens with zero attached hydrogens (tertiary/aromatic N) is 2. The quantitative estimate of drug-likeness (QED) is 0.894. The van der Waals surface area contributed by atoms with Crippen LogP contribution in [0.1, 0.15) is 15.4 Å². The van der Waals surface area contributed by atoms with Crippen molar-refractivity contribution in [2.45, 2.75) is 6.92 Å². The fourth-order valence-corrected chi connectivity index (χ4v) is 2.54. The number of thiazole rings is 1. The summed E-state index contributed by atoms with van der Waals surface area (Å²) in [6, 6.07) is 8.64. The molecule has 0 spiro atoms. The Labute approximate surface area is 119 Å². The number of benzene rings is 1. The third-order valence-electron chi connectivity index (χ3n) is 2.61. The van der Waals surface area contributed by atoms with Crippen LogP contribution in [0.4, 0.5) is 10.8 Å². The van der Waals surface area contributed by atoms with E-state index in [1.807, 2.05) is 0 Å². The minimum Gasteiger partial charge on any atom is -0.480 e. The largest absolute Gasteiger partial charge is 0.480 e. The van der Waals surface area contributed by atoms with Crippen LogP contribution in [0.2, 0.25) is 0 Å². The molecule has 0 bridgehead atoms. The first-order valence-corrected chi connectivity index (χ1v) is 6.62. The number of hydrogen-bond donors (Lipinski definition) is 2. The van der Waals surface area contributed by atoms with Crippen LogP contribution in [0.25, 0.3) is 0 Å². The molecule has 0 unspecified atom stereocenters.